The van der Waals surface area contributed by atoms with Crippen LogP contribution < -0.4 is 25.4 Å². The summed E-state index contributed by atoms with van der Waals surface area (Å²) in [4.78, 5) is 10.8. The molecule has 1 saturated heterocycles. The maximum atomic E-state index is 14.8. The molecule has 3 N–H and O–H groups in total. The van der Waals surface area contributed by atoms with Gasteiger partial charge in [0, 0.05) is 30.6 Å². The number of ether oxygens (including phenoxy) is 2. The van der Waals surface area contributed by atoms with Crippen LogP contribution in [0, 0.1) is 5.82 Å². The SMILES string of the molecule is COc1cc2c(N)nc(N3C[C@@H](C)NC[C@@H]3C)nc2c(F)c1OC. The van der Waals surface area contributed by atoms with Crippen molar-refractivity contribution in [2.75, 3.05) is 37.9 Å². The first-order valence-corrected chi connectivity index (χ1v) is 7.84. The number of nitrogens with zero attached hydrogens (tertiary/aromatic N) is 3. The Labute approximate surface area is 140 Å². The molecule has 7 nitrogen and oxygen atoms in total. The van der Waals surface area contributed by atoms with E-state index in [9.17, 15) is 4.39 Å². The molecule has 130 valence electrons. The lowest BCUT2D eigenvalue weighted by Gasteiger charge is -2.37. The van der Waals surface area contributed by atoms with E-state index in [1.54, 1.807) is 6.07 Å². The number of nitrogens with two attached hydrogens (primary N) is 1. The van der Waals surface area contributed by atoms with Gasteiger partial charge in [0.25, 0.3) is 0 Å². The predicted molar refractivity (Wildman–Crippen MR) is 91.3 cm³/mol. The van der Waals surface area contributed by atoms with E-state index in [2.05, 4.69) is 29.1 Å². The normalized spacial score (nSPS) is 21.1. The van der Waals surface area contributed by atoms with E-state index < -0.39 is 5.82 Å². The molecule has 0 bridgehead atoms. The molecule has 3 rings (SSSR count). The quantitative estimate of drug-likeness (QED) is 0.880. The number of hydrogen-bond donors (Lipinski definition) is 2. The third-order valence-electron chi connectivity index (χ3n) is 4.32. The number of halogens is 1. The van der Waals surface area contributed by atoms with Crippen LogP contribution in [0.1, 0.15) is 13.8 Å². The molecule has 1 aliphatic rings. The summed E-state index contributed by atoms with van der Waals surface area (Å²) in [6.07, 6.45) is 0. The average molecular weight is 335 g/mol. The number of rotatable bonds is 3. The highest BCUT2D eigenvalue weighted by Crippen LogP contribution is 2.37. The van der Waals surface area contributed by atoms with Crippen molar-refractivity contribution in [3.63, 3.8) is 0 Å². The molecular weight excluding hydrogens is 313 g/mol. The third kappa shape index (κ3) is 2.66. The van der Waals surface area contributed by atoms with Crippen molar-refractivity contribution in [2.24, 2.45) is 0 Å². The number of methoxy groups -OCH3 is 2. The van der Waals surface area contributed by atoms with Crippen LogP contribution >= 0.6 is 0 Å². The monoisotopic (exact) mass is 335 g/mol. The zero-order chi connectivity index (χ0) is 17.4. The highest BCUT2D eigenvalue weighted by atomic mass is 19.1. The summed E-state index contributed by atoms with van der Waals surface area (Å²) >= 11 is 0. The van der Waals surface area contributed by atoms with Crippen molar-refractivity contribution in [3.8, 4) is 11.5 Å². The number of benzene rings is 1. The first kappa shape index (κ1) is 16.5. The summed E-state index contributed by atoms with van der Waals surface area (Å²) in [6.45, 7) is 5.67. The molecule has 1 aliphatic heterocycles. The van der Waals surface area contributed by atoms with Crippen LogP contribution in [0.3, 0.4) is 0 Å². The van der Waals surface area contributed by atoms with Crippen LogP contribution in [-0.2, 0) is 0 Å². The first-order chi connectivity index (χ1) is 11.5. The van der Waals surface area contributed by atoms with Crippen molar-refractivity contribution >= 4 is 22.7 Å². The van der Waals surface area contributed by atoms with E-state index >= 15 is 0 Å². The predicted octanol–water partition coefficient (Wildman–Crippen LogP) is 1.55. The lowest BCUT2D eigenvalue weighted by atomic mass is 10.1. The molecule has 1 fully saturated rings. The number of hydrogen-bond acceptors (Lipinski definition) is 7. The molecule has 2 atom stereocenters. The van der Waals surface area contributed by atoms with Gasteiger partial charge in [0.2, 0.25) is 5.95 Å². The van der Waals surface area contributed by atoms with Gasteiger partial charge >= 0.3 is 0 Å². The molecule has 0 radical (unpaired) electrons. The maximum absolute atomic E-state index is 14.8. The number of anilines is 2. The van der Waals surface area contributed by atoms with Crippen LogP contribution in [0.25, 0.3) is 10.9 Å². The Balaban J connectivity index is 2.17. The van der Waals surface area contributed by atoms with Crippen molar-refractivity contribution in [1.29, 1.82) is 0 Å². The fourth-order valence-corrected chi connectivity index (χ4v) is 2.97. The second-order valence-electron chi connectivity index (χ2n) is 6.04. The Morgan fingerprint density at radius 2 is 2.04 bits per heavy atom. The van der Waals surface area contributed by atoms with Crippen LogP contribution in [0.2, 0.25) is 0 Å². The molecule has 0 aliphatic carbocycles. The largest absolute Gasteiger partial charge is 0.493 e. The van der Waals surface area contributed by atoms with Crippen LogP contribution in [0.4, 0.5) is 16.2 Å². The highest BCUT2D eigenvalue weighted by Gasteiger charge is 2.26. The van der Waals surface area contributed by atoms with Crippen molar-refractivity contribution < 1.29 is 13.9 Å². The standard InChI is InChI=1S/C16H22FN5O2/c1-8-7-22(9(2)6-19-8)16-20-13-10(15(18)21-16)5-11(23-3)14(24-4)12(13)17/h5,8-9,19H,6-7H2,1-4H3,(H2,18,20,21)/t8-,9+/m1/s1. The van der Waals surface area contributed by atoms with Gasteiger partial charge in [0.05, 0.1) is 14.2 Å². The molecule has 1 aromatic heterocycles. The Morgan fingerprint density at radius 1 is 1.29 bits per heavy atom. The molecule has 8 heteroatoms. The van der Waals surface area contributed by atoms with E-state index in [-0.39, 0.29) is 34.9 Å². The number of aromatic nitrogens is 2. The smallest absolute Gasteiger partial charge is 0.228 e. The van der Waals surface area contributed by atoms with Gasteiger partial charge < -0.3 is 25.4 Å². The molecule has 0 amide bonds. The molecule has 0 saturated carbocycles. The van der Waals surface area contributed by atoms with Gasteiger partial charge in [0.15, 0.2) is 17.3 Å². The minimum Gasteiger partial charge on any atom is -0.493 e. The second-order valence-corrected chi connectivity index (χ2v) is 6.04. The van der Waals surface area contributed by atoms with E-state index in [1.165, 1.54) is 14.2 Å². The van der Waals surface area contributed by atoms with Crippen molar-refractivity contribution in [2.45, 2.75) is 25.9 Å². The van der Waals surface area contributed by atoms with E-state index in [4.69, 9.17) is 15.2 Å². The summed E-state index contributed by atoms with van der Waals surface area (Å²) in [6, 6.07) is 2.07. The lowest BCUT2D eigenvalue weighted by Crippen LogP contribution is -2.55. The summed E-state index contributed by atoms with van der Waals surface area (Å²) < 4.78 is 25.1. The van der Waals surface area contributed by atoms with Gasteiger partial charge in [-0.3, -0.25) is 0 Å². The van der Waals surface area contributed by atoms with E-state index in [1.807, 2.05) is 4.90 Å². The number of nitrogens with one attached hydrogen (secondary N) is 1. The molecule has 0 unspecified atom stereocenters. The summed E-state index contributed by atoms with van der Waals surface area (Å²) in [5.74, 6) is 0.309. The Morgan fingerprint density at radius 3 is 2.71 bits per heavy atom. The summed E-state index contributed by atoms with van der Waals surface area (Å²) in [5, 5.41) is 3.80. The van der Waals surface area contributed by atoms with Crippen LogP contribution in [-0.4, -0.2) is 49.4 Å². The fourth-order valence-electron chi connectivity index (χ4n) is 2.97. The van der Waals surface area contributed by atoms with Gasteiger partial charge in [-0.15, -0.1) is 0 Å². The van der Waals surface area contributed by atoms with E-state index in [0.29, 0.717) is 11.3 Å². The van der Waals surface area contributed by atoms with Gasteiger partial charge in [-0.1, -0.05) is 0 Å². The van der Waals surface area contributed by atoms with Gasteiger partial charge in [0.1, 0.15) is 11.3 Å². The topological polar surface area (TPSA) is 85.5 Å². The average Bonchev–Trinajstić information content (AvgIpc) is 2.57. The Kier molecular flexibility index (Phi) is 4.31. The van der Waals surface area contributed by atoms with Gasteiger partial charge in [-0.25, -0.2) is 9.37 Å². The molecule has 24 heavy (non-hydrogen) atoms. The summed E-state index contributed by atoms with van der Waals surface area (Å²) in [5.41, 5.74) is 6.20. The minimum atomic E-state index is -0.599. The van der Waals surface area contributed by atoms with Gasteiger partial charge in [-0.05, 0) is 19.9 Å². The van der Waals surface area contributed by atoms with Crippen LogP contribution in [0.5, 0.6) is 11.5 Å². The van der Waals surface area contributed by atoms with Crippen molar-refractivity contribution in [3.05, 3.63) is 11.9 Å². The number of piperazine rings is 1. The molecule has 1 aromatic carbocycles. The van der Waals surface area contributed by atoms with E-state index in [0.717, 1.165) is 13.1 Å². The molecule has 2 heterocycles. The Hall–Kier alpha value is -2.35. The Bertz CT molecular complexity index is 770. The molecule has 0 spiro atoms. The van der Waals surface area contributed by atoms with Crippen LogP contribution in [0.15, 0.2) is 6.07 Å². The first-order valence-electron chi connectivity index (χ1n) is 7.84. The molecular formula is C16H22FN5O2. The summed E-state index contributed by atoms with van der Waals surface area (Å²) in [7, 11) is 2.83. The maximum Gasteiger partial charge on any atom is 0.228 e. The second kappa shape index (κ2) is 6.27. The number of nitrogen functional groups attached to an aromatic ring is 1. The minimum absolute atomic E-state index is 0.00998. The van der Waals surface area contributed by atoms with Crippen molar-refractivity contribution in [1.82, 2.24) is 15.3 Å². The highest BCUT2D eigenvalue weighted by molar-refractivity contribution is 5.92. The zero-order valence-corrected chi connectivity index (χ0v) is 14.3. The lowest BCUT2D eigenvalue weighted by molar-refractivity contribution is 0.339. The zero-order valence-electron chi connectivity index (χ0n) is 14.3. The molecule has 2 aromatic rings. The fraction of sp³-hybridized carbons (Fsp3) is 0.500. The van der Waals surface area contributed by atoms with Gasteiger partial charge in [-0.2, -0.15) is 4.98 Å². The third-order valence-corrected chi connectivity index (χ3v) is 4.32. The number of fused-ring (bicyclic) bond motifs is 1.